The summed E-state index contributed by atoms with van der Waals surface area (Å²) in [6.45, 7) is 5.94. The van der Waals surface area contributed by atoms with E-state index in [0.29, 0.717) is 32.4 Å². The Morgan fingerprint density at radius 2 is 2.17 bits per heavy atom. The van der Waals surface area contributed by atoms with Gasteiger partial charge < -0.3 is 15.0 Å². The van der Waals surface area contributed by atoms with E-state index in [0.717, 1.165) is 36.3 Å². The van der Waals surface area contributed by atoms with Crippen molar-refractivity contribution < 1.29 is 14.3 Å². The number of H-pyrrole nitrogens is 1. The maximum absolute atomic E-state index is 12.5. The van der Waals surface area contributed by atoms with Gasteiger partial charge in [0.1, 0.15) is 5.60 Å². The molecule has 2 saturated heterocycles. The number of carbonyl (C=O) groups excluding carboxylic acids is 2. The Morgan fingerprint density at radius 3 is 2.83 bits per heavy atom. The number of nitrogens with zero attached hydrogens (tertiary/aromatic N) is 2. The Morgan fingerprint density at radius 1 is 1.35 bits per heavy atom. The van der Waals surface area contributed by atoms with Gasteiger partial charge in [0.15, 0.2) is 0 Å². The van der Waals surface area contributed by atoms with E-state index >= 15 is 0 Å². The van der Waals surface area contributed by atoms with Gasteiger partial charge in [0.2, 0.25) is 5.91 Å². The molecule has 1 aromatic rings. The van der Waals surface area contributed by atoms with Crippen molar-refractivity contribution in [2.24, 2.45) is 0 Å². The minimum atomic E-state index is -0.415. The van der Waals surface area contributed by atoms with Gasteiger partial charge in [-0.05, 0) is 32.3 Å². The number of hydrogen-bond acceptors (Lipinski definition) is 4. The number of carbonyl (C=O) groups is 2. The summed E-state index contributed by atoms with van der Waals surface area (Å²) in [5.74, 6) is 0.152. The van der Waals surface area contributed by atoms with E-state index in [1.54, 1.807) is 0 Å². The van der Waals surface area contributed by atoms with Crippen molar-refractivity contribution in [1.29, 1.82) is 0 Å². The molecule has 7 heteroatoms. The molecule has 2 fully saturated rings. The van der Waals surface area contributed by atoms with Crippen molar-refractivity contribution in [2.45, 2.75) is 51.6 Å². The van der Waals surface area contributed by atoms with Crippen LogP contribution in [-0.2, 0) is 16.0 Å². The van der Waals surface area contributed by atoms with Gasteiger partial charge in [0.05, 0.1) is 12.2 Å². The van der Waals surface area contributed by atoms with Gasteiger partial charge in [-0.25, -0.2) is 4.79 Å². The summed E-state index contributed by atoms with van der Waals surface area (Å²) in [5.41, 5.74) is 2.74. The van der Waals surface area contributed by atoms with Gasteiger partial charge in [0.25, 0.3) is 0 Å². The number of amides is 2. The first-order valence-corrected chi connectivity index (χ1v) is 8.24. The molecule has 0 bridgehead atoms. The van der Waals surface area contributed by atoms with Gasteiger partial charge in [-0.15, -0.1) is 0 Å². The fourth-order valence-corrected chi connectivity index (χ4v) is 3.36. The van der Waals surface area contributed by atoms with Crippen LogP contribution in [0.2, 0.25) is 0 Å². The summed E-state index contributed by atoms with van der Waals surface area (Å²) in [4.78, 5) is 25.7. The van der Waals surface area contributed by atoms with Crippen LogP contribution in [0.15, 0.2) is 0 Å². The zero-order chi connectivity index (χ0) is 16.4. The third-order valence-electron chi connectivity index (χ3n) is 5.04. The lowest BCUT2D eigenvalue weighted by molar-refractivity contribution is -0.131. The van der Waals surface area contributed by atoms with Crippen LogP contribution in [0.3, 0.4) is 0 Å². The molecule has 0 aromatic carbocycles. The molecule has 7 nitrogen and oxygen atoms in total. The smallest absolute Gasteiger partial charge is 0.407 e. The standard InChI is InChI=1S/C16H24N4O3/c1-11-12(2)18-19-13(11)4-5-14(21)20-8-3-6-16(7-9-20)10-17-15(22)23-16/h3-10H2,1-2H3,(H,17,22)(H,18,19). The molecular formula is C16H24N4O3. The highest BCUT2D eigenvalue weighted by atomic mass is 16.6. The van der Waals surface area contributed by atoms with Crippen LogP contribution in [-0.4, -0.2) is 52.3 Å². The highest BCUT2D eigenvalue weighted by molar-refractivity contribution is 5.76. The Bertz CT molecular complexity index is 612. The van der Waals surface area contributed by atoms with Crippen LogP contribution in [0, 0.1) is 13.8 Å². The molecule has 0 aliphatic carbocycles. The number of hydrogen-bond donors (Lipinski definition) is 2. The van der Waals surface area contributed by atoms with Crippen LogP contribution in [0.4, 0.5) is 4.79 Å². The zero-order valence-corrected chi connectivity index (χ0v) is 13.8. The van der Waals surface area contributed by atoms with Crippen molar-refractivity contribution in [3.05, 3.63) is 17.0 Å². The number of aryl methyl sites for hydroxylation is 2. The molecule has 2 aliphatic heterocycles. The SMILES string of the molecule is Cc1[nH]nc(CCC(=O)N2CCCC3(CC2)CNC(=O)O3)c1C. The summed E-state index contributed by atoms with van der Waals surface area (Å²) in [7, 11) is 0. The van der Waals surface area contributed by atoms with Gasteiger partial charge >= 0.3 is 6.09 Å². The number of alkyl carbamates (subject to hydrolysis) is 1. The third kappa shape index (κ3) is 3.33. The monoisotopic (exact) mass is 320 g/mol. The fourth-order valence-electron chi connectivity index (χ4n) is 3.36. The lowest BCUT2D eigenvalue weighted by atomic mass is 9.95. The lowest BCUT2D eigenvalue weighted by Crippen LogP contribution is -2.36. The molecule has 23 heavy (non-hydrogen) atoms. The molecule has 1 unspecified atom stereocenters. The maximum atomic E-state index is 12.5. The normalized spacial score (nSPS) is 24.4. The number of nitrogens with one attached hydrogen (secondary N) is 2. The van der Waals surface area contributed by atoms with E-state index in [1.165, 1.54) is 0 Å². The highest BCUT2D eigenvalue weighted by Gasteiger charge is 2.41. The number of aromatic nitrogens is 2. The fraction of sp³-hybridized carbons (Fsp3) is 0.688. The summed E-state index contributed by atoms with van der Waals surface area (Å²) >= 11 is 0. The van der Waals surface area contributed by atoms with E-state index < -0.39 is 5.60 Å². The van der Waals surface area contributed by atoms with E-state index in [2.05, 4.69) is 15.5 Å². The molecule has 2 N–H and O–H groups in total. The second kappa shape index (κ2) is 6.22. The van der Waals surface area contributed by atoms with Crippen molar-refractivity contribution in [3.63, 3.8) is 0 Å². The Kier molecular flexibility index (Phi) is 4.28. The molecule has 1 aromatic heterocycles. The summed E-state index contributed by atoms with van der Waals surface area (Å²) in [5, 5.41) is 9.94. The van der Waals surface area contributed by atoms with Gasteiger partial charge in [-0.1, -0.05) is 0 Å². The second-order valence-corrected chi connectivity index (χ2v) is 6.58. The van der Waals surface area contributed by atoms with Crippen LogP contribution >= 0.6 is 0 Å². The predicted molar refractivity (Wildman–Crippen MR) is 84.0 cm³/mol. The molecule has 1 spiro atoms. The first-order valence-electron chi connectivity index (χ1n) is 8.24. The van der Waals surface area contributed by atoms with Crippen molar-refractivity contribution in [3.8, 4) is 0 Å². The van der Waals surface area contributed by atoms with Crippen molar-refractivity contribution in [2.75, 3.05) is 19.6 Å². The van der Waals surface area contributed by atoms with Crippen molar-refractivity contribution in [1.82, 2.24) is 20.4 Å². The van der Waals surface area contributed by atoms with E-state index in [1.807, 2.05) is 18.7 Å². The first-order chi connectivity index (χ1) is 11.0. The van der Waals surface area contributed by atoms with Crippen LogP contribution in [0.1, 0.15) is 42.6 Å². The van der Waals surface area contributed by atoms with Crippen LogP contribution in [0.5, 0.6) is 0 Å². The Labute approximate surface area is 135 Å². The number of likely N-dealkylation sites (tertiary alicyclic amines) is 1. The van der Waals surface area contributed by atoms with E-state index in [4.69, 9.17) is 4.74 Å². The van der Waals surface area contributed by atoms with E-state index in [-0.39, 0.29) is 12.0 Å². The molecule has 0 saturated carbocycles. The largest absolute Gasteiger partial charge is 0.441 e. The molecule has 2 aliphatic rings. The molecule has 3 rings (SSSR count). The van der Waals surface area contributed by atoms with Gasteiger partial charge in [0, 0.05) is 38.0 Å². The van der Waals surface area contributed by atoms with Crippen LogP contribution < -0.4 is 5.32 Å². The van der Waals surface area contributed by atoms with Crippen molar-refractivity contribution >= 4 is 12.0 Å². The number of rotatable bonds is 3. The summed E-state index contributed by atoms with van der Waals surface area (Å²) in [6, 6.07) is 0. The molecule has 1 atom stereocenters. The second-order valence-electron chi connectivity index (χ2n) is 6.58. The highest BCUT2D eigenvalue weighted by Crippen LogP contribution is 2.29. The molecule has 126 valence electrons. The predicted octanol–water partition coefficient (Wildman–Crippen LogP) is 1.45. The lowest BCUT2D eigenvalue weighted by Gasteiger charge is -2.25. The topological polar surface area (TPSA) is 87.3 Å². The molecule has 3 heterocycles. The maximum Gasteiger partial charge on any atom is 0.407 e. The quantitative estimate of drug-likeness (QED) is 0.882. The van der Waals surface area contributed by atoms with Gasteiger partial charge in [-0.3, -0.25) is 9.89 Å². The number of ether oxygens (including phenoxy) is 1. The van der Waals surface area contributed by atoms with Gasteiger partial charge in [-0.2, -0.15) is 5.10 Å². The Balaban J connectivity index is 1.54. The Hall–Kier alpha value is -2.05. The minimum absolute atomic E-state index is 0.152. The molecule has 0 radical (unpaired) electrons. The molecule has 2 amide bonds. The minimum Gasteiger partial charge on any atom is -0.441 e. The average molecular weight is 320 g/mol. The molecular weight excluding hydrogens is 296 g/mol. The number of aromatic amines is 1. The third-order valence-corrected chi connectivity index (χ3v) is 5.04. The summed E-state index contributed by atoms with van der Waals surface area (Å²) < 4.78 is 5.44. The van der Waals surface area contributed by atoms with Crippen LogP contribution in [0.25, 0.3) is 0 Å². The van der Waals surface area contributed by atoms with E-state index in [9.17, 15) is 9.59 Å². The zero-order valence-electron chi connectivity index (χ0n) is 13.8. The average Bonchev–Trinajstić information content (AvgIpc) is 2.96. The summed E-state index contributed by atoms with van der Waals surface area (Å²) in [6.07, 6.45) is 3.17. The first kappa shape index (κ1) is 15.8.